The van der Waals surface area contributed by atoms with Crippen LogP contribution >= 0.6 is 11.6 Å². The van der Waals surface area contributed by atoms with Gasteiger partial charge in [-0.1, -0.05) is 17.7 Å². The van der Waals surface area contributed by atoms with E-state index in [1.165, 1.54) is 0 Å². The van der Waals surface area contributed by atoms with E-state index < -0.39 is 23.5 Å². The van der Waals surface area contributed by atoms with Crippen molar-refractivity contribution in [3.8, 4) is 0 Å². The van der Waals surface area contributed by atoms with Crippen molar-refractivity contribution in [3.05, 3.63) is 58.4 Å². The number of carbonyl (C=O) groups excluding carboxylic acids is 1. The molecule has 1 N–H and O–H groups in total. The molecule has 144 valence electrons. The molecule has 0 spiro atoms. The fourth-order valence-electron chi connectivity index (χ4n) is 2.80. The minimum absolute atomic E-state index is 0.309. The highest BCUT2D eigenvalue weighted by Crippen LogP contribution is 2.35. The molecule has 0 atom stereocenters. The molecule has 0 saturated carbocycles. The zero-order valence-electron chi connectivity index (χ0n) is 13.9. The van der Waals surface area contributed by atoms with E-state index in [0.717, 1.165) is 6.07 Å². The number of amides is 1. The number of morpholine rings is 1. The lowest BCUT2D eigenvalue weighted by Gasteiger charge is -2.31. The van der Waals surface area contributed by atoms with Gasteiger partial charge in [-0.2, -0.15) is 13.2 Å². The molecule has 1 aliphatic rings. The summed E-state index contributed by atoms with van der Waals surface area (Å²) >= 11 is 6.27. The third kappa shape index (κ3) is 4.33. The van der Waals surface area contributed by atoms with Gasteiger partial charge < -0.3 is 15.0 Å². The van der Waals surface area contributed by atoms with E-state index >= 15 is 0 Å². The van der Waals surface area contributed by atoms with Crippen LogP contribution in [0, 0.1) is 5.82 Å². The average Bonchev–Trinajstić information content (AvgIpc) is 2.62. The molecule has 2 aromatic rings. The number of halogens is 5. The van der Waals surface area contributed by atoms with Crippen LogP contribution in [0.25, 0.3) is 0 Å². The van der Waals surface area contributed by atoms with Crippen molar-refractivity contribution in [2.24, 2.45) is 0 Å². The Hall–Kier alpha value is -2.32. The molecule has 1 aliphatic heterocycles. The Bertz CT molecular complexity index is 852. The zero-order valence-corrected chi connectivity index (χ0v) is 14.7. The van der Waals surface area contributed by atoms with E-state index in [1.807, 2.05) is 4.90 Å². The predicted octanol–water partition coefficient (Wildman–Crippen LogP) is 4.59. The topological polar surface area (TPSA) is 41.6 Å². The molecule has 1 saturated heterocycles. The van der Waals surface area contributed by atoms with Gasteiger partial charge in [-0.05, 0) is 30.3 Å². The van der Waals surface area contributed by atoms with Gasteiger partial charge in [-0.25, -0.2) is 4.39 Å². The number of para-hydroxylation sites is 1. The molecule has 0 radical (unpaired) electrons. The van der Waals surface area contributed by atoms with Gasteiger partial charge in [0.05, 0.1) is 35.2 Å². The van der Waals surface area contributed by atoms with E-state index in [2.05, 4.69) is 5.32 Å². The van der Waals surface area contributed by atoms with Crippen LogP contribution in [0.3, 0.4) is 0 Å². The molecule has 1 amide bonds. The van der Waals surface area contributed by atoms with Crippen molar-refractivity contribution in [2.45, 2.75) is 6.18 Å². The molecular formula is C18H15ClF4N2O2. The van der Waals surface area contributed by atoms with Crippen LogP contribution in [0.5, 0.6) is 0 Å². The molecular weight excluding hydrogens is 388 g/mol. The highest BCUT2D eigenvalue weighted by atomic mass is 35.5. The summed E-state index contributed by atoms with van der Waals surface area (Å²) in [5.74, 6) is -2.23. The van der Waals surface area contributed by atoms with Crippen molar-refractivity contribution in [1.29, 1.82) is 0 Å². The fourth-order valence-corrected chi connectivity index (χ4v) is 3.10. The largest absolute Gasteiger partial charge is 0.419 e. The molecule has 0 bridgehead atoms. The minimum atomic E-state index is -4.89. The summed E-state index contributed by atoms with van der Waals surface area (Å²) in [7, 11) is 0. The lowest BCUT2D eigenvalue weighted by molar-refractivity contribution is -0.140. The molecule has 0 aliphatic carbocycles. The second-order valence-corrected chi connectivity index (χ2v) is 6.29. The van der Waals surface area contributed by atoms with E-state index in [1.54, 1.807) is 18.2 Å². The highest BCUT2D eigenvalue weighted by molar-refractivity contribution is 6.34. The fraction of sp³-hybridized carbons (Fsp3) is 0.278. The molecule has 1 heterocycles. The van der Waals surface area contributed by atoms with Crippen LogP contribution in [-0.2, 0) is 10.9 Å². The van der Waals surface area contributed by atoms with Crippen molar-refractivity contribution in [3.63, 3.8) is 0 Å². The molecule has 2 aromatic carbocycles. The zero-order chi connectivity index (χ0) is 19.6. The Morgan fingerprint density at radius 1 is 1.15 bits per heavy atom. The predicted molar refractivity (Wildman–Crippen MR) is 93.8 cm³/mol. The maximum Gasteiger partial charge on any atom is 0.419 e. The first kappa shape index (κ1) is 19.4. The minimum Gasteiger partial charge on any atom is -0.378 e. The Morgan fingerprint density at radius 3 is 2.52 bits per heavy atom. The summed E-state index contributed by atoms with van der Waals surface area (Å²) in [6.45, 7) is 2.10. The van der Waals surface area contributed by atoms with Gasteiger partial charge in [0.25, 0.3) is 5.91 Å². The summed E-state index contributed by atoms with van der Waals surface area (Å²) in [6.07, 6.45) is -4.89. The van der Waals surface area contributed by atoms with Crippen LogP contribution < -0.4 is 10.2 Å². The molecule has 0 aromatic heterocycles. The Morgan fingerprint density at radius 2 is 1.85 bits per heavy atom. The summed E-state index contributed by atoms with van der Waals surface area (Å²) in [4.78, 5) is 14.4. The Balaban J connectivity index is 1.90. The lowest BCUT2D eigenvalue weighted by Crippen LogP contribution is -2.37. The van der Waals surface area contributed by atoms with Crippen molar-refractivity contribution in [2.75, 3.05) is 36.5 Å². The molecule has 9 heteroatoms. The highest BCUT2D eigenvalue weighted by Gasteiger charge is 2.34. The number of rotatable bonds is 3. The first-order chi connectivity index (χ1) is 12.8. The van der Waals surface area contributed by atoms with Crippen molar-refractivity contribution >= 4 is 28.9 Å². The summed E-state index contributed by atoms with van der Waals surface area (Å²) in [5.41, 5.74) is -0.882. The van der Waals surface area contributed by atoms with E-state index in [9.17, 15) is 22.4 Å². The number of nitrogens with one attached hydrogen (secondary N) is 1. The van der Waals surface area contributed by atoms with Gasteiger partial charge >= 0.3 is 6.18 Å². The van der Waals surface area contributed by atoms with E-state index in [0.29, 0.717) is 54.8 Å². The Kier molecular flexibility index (Phi) is 5.57. The van der Waals surface area contributed by atoms with Crippen molar-refractivity contribution in [1.82, 2.24) is 0 Å². The number of benzene rings is 2. The van der Waals surface area contributed by atoms with Gasteiger partial charge in [-0.15, -0.1) is 0 Å². The second-order valence-electron chi connectivity index (χ2n) is 5.88. The van der Waals surface area contributed by atoms with Gasteiger partial charge in [0.15, 0.2) is 0 Å². The first-order valence-electron chi connectivity index (χ1n) is 8.06. The quantitative estimate of drug-likeness (QED) is 0.764. The number of nitrogens with zero attached hydrogens (tertiary/aromatic N) is 1. The lowest BCUT2D eigenvalue weighted by atomic mass is 10.1. The third-order valence-corrected chi connectivity index (χ3v) is 4.40. The van der Waals surface area contributed by atoms with Crippen LogP contribution in [0.2, 0.25) is 5.02 Å². The molecule has 3 rings (SSSR count). The van der Waals surface area contributed by atoms with Crippen LogP contribution in [0.4, 0.5) is 28.9 Å². The SMILES string of the molecule is O=C(Nc1cccc(Cl)c1N1CCOCC1)c1ccc(F)c(C(F)(F)F)c1. The van der Waals surface area contributed by atoms with Gasteiger partial charge in [0, 0.05) is 18.7 Å². The Labute approximate surface area is 157 Å². The average molecular weight is 403 g/mol. The molecule has 1 fully saturated rings. The molecule has 0 unspecified atom stereocenters. The molecule has 27 heavy (non-hydrogen) atoms. The van der Waals surface area contributed by atoms with Gasteiger partial charge in [0.2, 0.25) is 0 Å². The monoisotopic (exact) mass is 402 g/mol. The summed E-state index contributed by atoms with van der Waals surface area (Å²) < 4.78 is 57.3. The summed E-state index contributed by atoms with van der Waals surface area (Å²) in [6, 6.07) is 6.99. The van der Waals surface area contributed by atoms with Crippen LogP contribution in [0.1, 0.15) is 15.9 Å². The van der Waals surface area contributed by atoms with Crippen molar-refractivity contribution < 1.29 is 27.1 Å². The number of carbonyl (C=O) groups is 1. The molecule has 4 nitrogen and oxygen atoms in total. The summed E-state index contributed by atoms with van der Waals surface area (Å²) in [5, 5.41) is 2.96. The van der Waals surface area contributed by atoms with E-state index in [-0.39, 0.29) is 5.56 Å². The van der Waals surface area contributed by atoms with Crippen LogP contribution in [0.15, 0.2) is 36.4 Å². The van der Waals surface area contributed by atoms with Gasteiger partial charge in [-0.3, -0.25) is 4.79 Å². The first-order valence-corrected chi connectivity index (χ1v) is 8.44. The van der Waals surface area contributed by atoms with Crippen LogP contribution in [-0.4, -0.2) is 32.2 Å². The number of alkyl halides is 3. The van der Waals surface area contributed by atoms with Gasteiger partial charge in [0.1, 0.15) is 5.82 Å². The normalized spacial score (nSPS) is 14.9. The number of ether oxygens (including phenoxy) is 1. The maximum absolute atomic E-state index is 13.4. The maximum atomic E-state index is 13.4. The van der Waals surface area contributed by atoms with E-state index in [4.69, 9.17) is 16.3 Å². The number of hydrogen-bond acceptors (Lipinski definition) is 3. The smallest absolute Gasteiger partial charge is 0.378 e. The third-order valence-electron chi connectivity index (χ3n) is 4.10. The number of hydrogen-bond donors (Lipinski definition) is 1. The number of anilines is 2. The second kappa shape index (κ2) is 7.74. The standard InChI is InChI=1S/C18H15ClF4N2O2/c19-13-2-1-3-15(16(13)25-6-8-27-9-7-25)24-17(26)11-4-5-14(20)12(10-11)18(21,22)23/h1-5,10H,6-9H2,(H,24,26).